The number of nitrogens with two attached hydrogens (primary N) is 1. The van der Waals surface area contributed by atoms with Gasteiger partial charge in [-0.3, -0.25) is 4.68 Å². The van der Waals surface area contributed by atoms with Crippen LogP contribution >= 0.6 is 0 Å². The maximum absolute atomic E-state index is 6.51. The van der Waals surface area contributed by atoms with E-state index in [1.54, 1.807) is 28.8 Å². The van der Waals surface area contributed by atoms with Crippen LogP contribution in [0.25, 0.3) is 33.7 Å². The van der Waals surface area contributed by atoms with Gasteiger partial charge in [0.05, 0.1) is 18.5 Å². The van der Waals surface area contributed by atoms with Crippen LogP contribution in [0.3, 0.4) is 0 Å². The van der Waals surface area contributed by atoms with Crippen LogP contribution in [0.5, 0.6) is 5.88 Å². The molecule has 0 amide bonds. The van der Waals surface area contributed by atoms with E-state index in [0.29, 0.717) is 23.3 Å². The first-order chi connectivity index (χ1) is 18.7. The van der Waals surface area contributed by atoms with Crippen LogP contribution in [0.15, 0.2) is 41.5 Å². The summed E-state index contributed by atoms with van der Waals surface area (Å²) < 4.78 is 11.0. The lowest BCUT2D eigenvalue weighted by atomic mass is 10.0. The first-order valence-electron chi connectivity index (χ1n) is 13.2. The number of methoxy groups -OCH3 is 1. The van der Waals surface area contributed by atoms with Crippen molar-refractivity contribution < 1.29 is 4.74 Å². The number of fused-ring (bicyclic) bond motifs is 1. The number of hydrogen-bond donors (Lipinski definition) is 1. The highest BCUT2D eigenvalue weighted by Crippen LogP contribution is 2.47. The highest BCUT2D eigenvalue weighted by molar-refractivity contribution is 5.97. The van der Waals surface area contributed by atoms with Crippen LogP contribution in [-0.2, 0) is 21.1 Å². The van der Waals surface area contributed by atoms with Gasteiger partial charge >= 0.3 is 0 Å². The molecular formula is C29H33N9O. The molecule has 39 heavy (non-hydrogen) atoms. The summed E-state index contributed by atoms with van der Waals surface area (Å²) in [5.41, 5.74) is 13.8. The van der Waals surface area contributed by atoms with E-state index in [-0.39, 0.29) is 5.92 Å². The fourth-order valence-corrected chi connectivity index (χ4v) is 5.24. The predicted octanol–water partition coefficient (Wildman–Crippen LogP) is 5.11. The topological polar surface area (TPSA) is 114 Å². The molecule has 0 spiro atoms. The third kappa shape index (κ3) is 4.35. The average Bonchev–Trinajstić information content (AvgIpc) is 3.44. The lowest BCUT2D eigenvalue weighted by molar-refractivity contribution is 0.373. The smallest absolute Gasteiger partial charge is 0.213 e. The standard InChI is InChI=1S/C29H33N9O/c1-16(2)25-20(12-18-15-36(3)35-28(18)32-25)29-33-26(27(37(29)4)17-10-11-17)19-8-7-9-22(30)21(19)14-31-23-13-24(39-6)38(5)34-23/h7-9,12-17H,10-11,30H2,1-6H3. The second-order valence-electron chi connectivity index (χ2n) is 10.5. The molecule has 0 atom stereocenters. The van der Waals surface area contributed by atoms with Gasteiger partial charge in [0.2, 0.25) is 5.88 Å². The molecule has 1 fully saturated rings. The summed E-state index contributed by atoms with van der Waals surface area (Å²) >= 11 is 0. The number of ether oxygens (including phenoxy) is 1. The number of aryl methyl sites for hydroxylation is 2. The monoisotopic (exact) mass is 523 g/mol. The predicted molar refractivity (Wildman–Crippen MR) is 154 cm³/mol. The maximum atomic E-state index is 6.51. The lowest BCUT2D eigenvalue weighted by Crippen LogP contribution is -2.03. The number of benzene rings is 1. The van der Waals surface area contributed by atoms with Crippen molar-refractivity contribution in [1.29, 1.82) is 0 Å². The fraction of sp³-hybridized carbons (Fsp3) is 0.345. The quantitative estimate of drug-likeness (QED) is 0.234. The zero-order valence-electron chi connectivity index (χ0n) is 23.2. The van der Waals surface area contributed by atoms with Crippen molar-refractivity contribution in [3.63, 3.8) is 0 Å². The highest BCUT2D eigenvalue weighted by Gasteiger charge is 2.33. The number of imidazole rings is 1. The van der Waals surface area contributed by atoms with Crippen molar-refractivity contribution in [3.8, 4) is 28.5 Å². The molecule has 0 bridgehead atoms. The maximum Gasteiger partial charge on any atom is 0.213 e. The second-order valence-corrected chi connectivity index (χ2v) is 10.5. The molecular weight excluding hydrogens is 490 g/mol. The van der Waals surface area contributed by atoms with E-state index in [2.05, 4.69) is 52.8 Å². The zero-order valence-corrected chi connectivity index (χ0v) is 23.2. The number of nitrogens with zero attached hydrogens (tertiary/aromatic N) is 8. The molecule has 1 aromatic carbocycles. The minimum Gasteiger partial charge on any atom is -0.481 e. The Bertz CT molecular complexity index is 1730. The number of pyridine rings is 1. The van der Waals surface area contributed by atoms with Gasteiger partial charge in [0.25, 0.3) is 0 Å². The Morgan fingerprint density at radius 1 is 1.08 bits per heavy atom. The molecule has 5 aromatic rings. The number of hydrogen-bond acceptors (Lipinski definition) is 7. The summed E-state index contributed by atoms with van der Waals surface area (Å²) in [7, 11) is 7.46. The largest absolute Gasteiger partial charge is 0.481 e. The normalized spacial score (nSPS) is 13.8. The van der Waals surface area contributed by atoms with Gasteiger partial charge < -0.3 is 15.0 Å². The first-order valence-corrected chi connectivity index (χ1v) is 13.2. The molecule has 2 N–H and O–H groups in total. The number of rotatable bonds is 7. The van der Waals surface area contributed by atoms with Gasteiger partial charge in [0.15, 0.2) is 11.5 Å². The molecule has 10 heteroatoms. The van der Waals surface area contributed by atoms with E-state index >= 15 is 0 Å². The molecule has 0 unspecified atom stereocenters. The summed E-state index contributed by atoms with van der Waals surface area (Å²) in [6.07, 6.45) is 6.06. The van der Waals surface area contributed by atoms with Gasteiger partial charge in [-0.15, -0.1) is 0 Å². The fourth-order valence-electron chi connectivity index (χ4n) is 5.24. The van der Waals surface area contributed by atoms with E-state index in [9.17, 15) is 0 Å². The van der Waals surface area contributed by atoms with Crippen molar-refractivity contribution in [2.24, 2.45) is 26.1 Å². The summed E-state index contributed by atoms with van der Waals surface area (Å²) in [5.74, 6) is 2.74. The first kappa shape index (κ1) is 24.8. The van der Waals surface area contributed by atoms with E-state index in [1.807, 2.05) is 32.4 Å². The van der Waals surface area contributed by atoms with Crippen molar-refractivity contribution in [3.05, 3.63) is 53.5 Å². The number of nitrogen functional groups attached to an aromatic ring is 1. The molecule has 1 saturated carbocycles. The minimum atomic E-state index is 0.210. The van der Waals surface area contributed by atoms with E-state index in [0.717, 1.165) is 57.8 Å². The number of anilines is 1. The van der Waals surface area contributed by atoms with Crippen LogP contribution in [0.4, 0.5) is 11.5 Å². The van der Waals surface area contributed by atoms with Crippen molar-refractivity contribution in [2.45, 2.75) is 38.5 Å². The van der Waals surface area contributed by atoms with Crippen molar-refractivity contribution in [2.75, 3.05) is 12.8 Å². The van der Waals surface area contributed by atoms with Crippen molar-refractivity contribution in [1.82, 2.24) is 34.1 Å². The Morgan fingerprint density at radius 3 is 2.56 bits per heavy atom. The van der Waals surface area contributed by atoms with E-state index in [4.69, 9.17) is 20.4 Å². The van der Waals surface area contributed by atoms with Gasteiger partial charge in [0.1, 0.15) is 5.82 Å². The number of aliphatic imine (C=N–C) groups is 1. The Kier molecular flexibility index (Phi) is 5.97. The van der Waals surface area contributed by atoms with Gasteiger partial charge in [-0.25, -0.2) is 19.6 Å². The molecule has 4 heterocycles. The molecule has 0 aliphatic heterocycles. The SMILES string of the molecule is COc1cc(N=Cc2c(N)cccc2-c2nc(-c3cc4cn(C)nc4nc3C(C)C)n(C)c2C2CC2)nn1C. The van der Waals surface area contributed by atoms with Gasteiger partial charge in [-0.2, -0.15) is 10.2 Å². The zero-order chi connectivity index (χ0) is 27.4. The molecule has 200 valence electrons. The summed E-state index contributed by atoms with van der Waals surface area (Å²) in [6, 6.07) is 9.89. The Hall–Kier alpha value is -4.47. The lowest BCUT2D eigenvalue weighted by Gasteiger charge is -2.12. The summed E-state index contributed by atoms with van der Waals surface area (Å²) in [4.78, 5) is 14.9. The van der Waals surface area contributed by atoms with Crippen LogP contribution in [-0.4, -0.2) is 47.4 Å². The van der Waals surface area contributed by atoms with Crippen LogP contribution in [0.1, 0.15) is 55.5 Å². The van der Waals surface area contributed by atoms with Crippen molar-refractivity contribution >= 4 is 28.8 Å². The summed E-state index contributed by atoms with van der Waals surface area (Å²) in [6.45, 7) is 4.32. The molecule has 0 radical (unpaired) electrons. The third-order valence-corrected chi connectivity index (χ3v) is 7.28. The van der Waals surface area contributed by atoms with Gasteiger partial charge in [-0.1, -0.05) is 26.0 Å². The van der Waals surface area contributed by atoms with Crippen LogP contribution < -0.4 is 10.5 Å². The second kappa shape index (κ2) is 9.37. The molecule has 1 aliphatic carbocycles. The van der Waals surface area contributed by atoms with Gasteiger partial charge in [-0.05, 0) is 30.9 Å². The van der Waals surface area contributed by atoms with Crippen LogP contribution in [0, 0.1) is 0 Å². The van der Waals surface area contributed by atoms with Crippen LogP contribution in [0.2, 0.25) is 0 Å². The average molecular weight is 524 g/mol. The van der Waals surface area contributed by atoms with Gasteiger partial charge in [0, 0.05) is 79.0 Å². The molecule has 6 rings (SSSR count). The Labute approximate surface area is 227 Å². The molecule has 0 saturated heterocycles. The summed E-state index contributed by atoms with van der Waals surface area (Å²) in [5, 5.41) is 9.95. The molecule has 1 aliphatic rings. The Balaban J connectivity index is 1.52. The Morgan fingerprint density at radius 2 is 1.87 bits per heavy atom. The molecule has 4 aromatic heterocycles. The highest BCUT2D eigenvalue weighted by atomic mass is 16.5. The van der Waals surface area contributed by atoms with E-state index in [1.165, 1.54) is 5.69 Å². The third-order valence-electron chi connectivity index (χ3n) is 7.28. The number of aromatic nitrogens is 7. The van der Waals surface area contributed by atoms with E-state index < -0.39 is 0 Å². The minimum absolute atomic E-state index is 0.210. The molecule has 10 nitrogen and oxygen atoms in total.